The summed E-state index contributed by atoms with van der Waals surface area (Å²) in [5.74, 6) is -0.994. The van der Waals surface area contributed by atoms with Gasteiger partial charge in [-0.3, -0.25) is 14.2 Å². The van der Waals surface area contributed by atoms with Crippen LogP contribution >= 0.6 is 0 Å². The second kappa shape index (κ2) is 7.49. The van der Waals surface area contributed by atoms with Crippen LogP contribution in [0.2, 0.25) is 0 Å². The van der Waals surface area contributed by atoms with Crippen LogP contribution in [0, 0.1) is 5.82 Å². The van der Waals surface area contributed by atoms with Crippen molar-refractivity contribution in [2.24, 2.45) is 0 Å². The Bertz CT molecular complexity index is 713. The number of para-hydroxylation sites is 1. The zero-order chi connectivity index (χ0) is 15.9. The Kier molecular flexibility index (Phi) is 5.41. The van der Waals surface area contributed by atoms with Gasteiger partial charge in [0.1, 0.15) is 12.4 Å². The maximum absolute atomic E-state index is 13.4. The second-order valence-corrected chi connectivity index (χ2v) is 4.98. The minimum Gasteiger partial charge on any atom is -0.322 e. The van der Waals surface area contributed by atoms with Gasteiger partial charge in [0.25, 0.3) is 5.56 Å². The maximum Gasteiger partial charge on any atom is 0.253 e. The number of hydrogen-bond acceptors (Lipinski definition) is 3. The number of rotatable bonds is 6. The molecule has 6 heteroatoms. The van der Waals surface area contributed by atoms with Gasteiger partial charge < -0.3 is 5.32 Å². The molecule has 2 rings (SSSR count). The number of carbonyl (C=O) groups is 1. The lowest BCUT2D eigenvalue weighted by atomic mass is 10.2. The minimum atomic E-state index is -0.517. The second-order valence-electron chi connectivity index (χ2n) is 4.98. The number of aromatic nitrogens is 2. The van der Waals surface area contributed by atoms with E-state index in [4.69, 9.17) is 0 Å². The number of carbonyl (C=O) groups excluding carboxylic acids is 1. The van der Waals surface area contributed by atoms with Gasteiger partial charge in [0.2, 0.25) is 5.91 Å². The summed E-state index contributed by atoms with van der Waals surface area (Å²) in [5, 5.41) is 2.43. The molecular weight excluding hydrogens is 285 g/mol. The molecular formula is C16H18FN3O2. The number of benzene rings is 1. The van der Waals surface area contributed by atoms with E-state index in [0.717, 1.165) is 25.0 Å². The van der Waals surface area contributed by atoms with Crippen LogP contribution in [0.3, 0.4) is 0 Å². The van der Waals surface area contributed by atoms with Crippen LogP contribution in [0.5, 0.6) is 0 Å². The van der Waals surface area contributed by atoms with E-state index in [9.17, 15) is 14.0 Å². The molecule has 5 nitrogen and oxygen atoms in total. The third-order valence-corrected chi connectivity index (χ3v) is 3.18. The summed E-state index contributed by atoms with van der Waals surface area (Å²) in [6.07, 6.45) is 4.09. The molecule has 0 bridgehead atoms. The first kappa shape index (κ1) is 15.9. The Morgan fingerprint density at radius 1 is 1.36 bits per heavy atom. The Morgan fingerprint density at radius 3 is 2.82 bits per heavy atom. The molecule has 0 aliphatic rings. The van der Waals surface area contributed by atoms with Crippen molar-refractivity contribution in [3.05, 3.63) is 58.5 Å². The molecule has 0 unspecified atom stereocenters. The number of hydrogen-bond donors (Lipinski definition) is 1. The minimum absolute atomic E-state index is 0.0908. The lowest BCUT2D eigenvalue weighted by molar-refractivity contribution is -0.116. The molecule has 1 amide bonds. The average molecular weight is 303 g/mol. The molecule has 0 saturated carbocycles. The van der Waals surface area contributed by atoms with Gasteiger partial charge in [-0.2, -0.15) is 0 Å². The van der Waals surface area contributed by atoms with E-state index < -0.39 is 11.7 Å². The smallest absolute Gasteiger partial charge is 0.253 e. The first-order valence-corrected chi connectivity index (χ1v) is 7.20. The van der Waals surface area contributed by atoms with Crippen molar-refractivity contribution in [3.63, 3.8) is 0 Å². The molecule has 0 fully saturated rings. The van der Waals surface area contributed by atoms with E-state index in [0.29, 0.717) is 0 Å². The van der Waals surface area contributed by atoms with Crippen LogP contribution < -0.4 is 10.9 Å². The number of nitrogens with one attached hydrogen (secondary N) is 1. The van der Waals surface area contributed by atoms with E-state index in [1.165, 1.54) is 35.2 Å². The van der Waals surface area contributed by atoms with Crippen LogP contribution in [-0.4, -0.2) is 15.5 Å². The third kappa shape index (κ3) is 4.25. The highest BCUT2D eigenvalue weighted by Gasteiger charge is 2.08. The number of amides is 1. The largest absolute Gasteiger partial charge is 0.322 e. The molecule has 2 aromatic rings. The van der Waals surface area contributed by atoms with Gasteiger partial charge >= 0.3 is 0 Å². The fraction of sp³-hybridized carbons (Fsp3) is 0.312. The number of nitrogens with zero attached hydrogens (tertiary/aromatic N) is 2. The summed E-state index contributed by atoms with van der Waals surface area (Å²) < 4.78 is 14.6. The van der Waals surface area contributed by atoms with Crippen LogP contribution in [0.15, 0.2) is 41.5 Å². The molecule has 0 saturated heterocycles. The van der Waals surface area contributed by atoms with E-state index >= 15 is 0 Å². The average Bonchev–Trinajstić information content (AvgIpc) is 2.50. The zero-order valence-corrected chi connectivity index (χ0v) is 12.4. The molecule has 0 radical (unpaired) electrons. The fourth-order valence-corrected chi connectivity index (χ4v) is 1.98. The van der Waals surface area contributed by atoms with Crippen molar-refractivity contribution in [1.29, 1.82) is 0 Å². The van der Waals surface area contributed by atoms with Crippen molar-refractivity contribution in [2.45, 2.75) is 32.7 Å². The van der Waals surface area contributed by atoms with E-state index in [2.05, 4.69) is 17.2 Å². The summed E-state index contributed by atoms with van der Waals surface area (Å²) in [6, 6.07) is 7.31. The Balaban J connectivity index is 2.03. The summed E-state index contributed by atoms with van der Waals surface area (Å²) in [6.45, 7) is 1.86. The lowest BCUT2D eigenvalue weighted by Gasteiger charge is -2.08. The first-order valence-electron chi connectivity index (χ1n) is 7.20. The number of halogens is 1. The Morgan fingerprint density at radius 2 is 2.14 bits per heavy atom. The first-order chi connectivity index (χ1) is 10.6. The van der Waals surface area contributed by atoms with Crippen LogP contribution in [0.4, 0.5) is 10.1 Å². The van der Waals surface area contributed by atoms with Gasteiger partial charge in [0.05, 0.1) is 12.0 Å². The van der Waals surface area contributed by atoms with Crippen molar-refractivity contribution >= 4 is 11.6 Å². The standard InChI is InChI=1S/C16H18FN3O2/c1-2-3-6-12-9-16(22)20(11-18-12)10-15(21)19-14-8-5-4-7-13(14)17/h4-5,7-9,11H,2-3,6,10H2,1H3,(H,19,21). The van der Waals surface area contributed by atoms with Gasteiger partial charge in [-0.05, 0) is 25.0 Å². The van der Waals surface area contributed by atoms with E-state index in [1.54, 1.807) is 6.07 Å². The molecule has 1 heterocycles. The molecule has 0 atom stereocenters. The van der Waals surface area contributed by atoms with Crippen LogP contribution in [0.25, 0.3) is 0 Å². The van der Waals surface area contributed by atoms with Crippen molar-refractivity contribution in [2.75, 3.05) is 5.32 Å². The predicted molar refractivity (Wildman–Crippen MR) is 82.1 cm³/mol. The molecule has 0 aliphatic carbocycles. The van der Waals surface area contributed by atoms with Crippen LogP contribution in [-0.2, 0) is 17.8 Å². The summed E-state index contributed by atoms with van der Waals surface area (Å²) in [4.78, 5) is 28.0. The fourth-order valence-electron chi connectivity index (χ4n) is 1.98. The highest BCUT2D eigenvalue weighted by molar-refractivity contribution is 5.90. The maximum atomic E-state index is 13.4. The SMILES string of the molecule is CCCCc1cc(=O)n(CC(=O)Nc2ccccc2F)cn1. The molecule has 0 spiro atoms. The molecule has 1 N–H and O–H groups in total. The summed E-state index contributed by atoms with van der Waals surface area (Å²) in [7, 11) is 0. The van der Waals surface area contributed by atoms with Gasteiger partial charge in [-0.15, -0.1) is 0 Å². The number of unbranched alkanes of at least 4 members (excludes halogenated alkanes) is 1. The third-order valence-electron chi connectivity index (χ3n) is 3.18. The zero-order valence-electron chi connectivity index (χ0n) is 12.4. The Labute approximate surface area is 127 Å². The summed E-state index contributed by atoms with van der Waals surface area (Å²) in [5.41, 5.74) is 0.524. The number of anilines is 1. The molecule has 1 aromatic carbocycles. The van der Waals surface area contributed by atoms with Crippen molar-refractivity contribution in [1.82, 2.24) is 9.55 Å². The van der Waals surface area contributed by atoms with E-state index in [-0.39, 0.29) is 17.8 Å². The van der Waals surface area contributed by atoms with Gasteiger partial charge in [-0.1, -0.05) is 25.5 Å². The van der Waals surface area contributed by atoms with Crippen molar-refractivity contribution < 1.29 is 9.18 Å². The molecule has 22 heavy (non-hydrogen) atoms. The van der Waals surface area contributed by atoms with Gasteiger partial charge in [0.15, 0.2) is 0 Å². The van der Waals surface area contributed by atoms with Crippen LogP contribution in [0.1, 0.15) is 25.5 Å². The quantitative estimate of drug-likeness (QED) is 0.891. The molecule has 1 aromatic heterocycles. The lowest BCUT2D eigenvalue weighted by Crippen LogP contribution is -2.28. The number of aryl methyl sites for hydroxylation is 1. The van der Waals surface area contributed by atoms with Gasteiger partial charge in [-0.25, -0.2) is 9.37 Å². The Hall–Kier alpha value is -2.50. The predicted octanol–water partition coefficient (Wildman–Crippen LogP) is 2.36. The van der Waals surface area contributed by atoms with Crippen molar-refractivity contribution in [3.8, 4) is 0 Å². The topological polar surface area (TPSA) is 64.0 Å². The molecule has 0 aliphatic heterocycles. The normalized spacial score (nSPS) is 10.5. The summed E-state index contributed by atoms with van der Waals surface area (Å²) >= 11 is 0. The van der Waals surface area contributed by atoms with Gasteiger partial charge in [0, 0.05) is 11.8 Å². The van der Waals surface area contributed by atoms with E-state index in [1.807, 2.05) is 0 Å². The highest BCUT2D eigenvalue weighted by atomic mass is 19.1. The highest BCUT2D eigenvalue weighted by Crippen LogP contribution is 2.12. The molecule has 116 valence electrons. The monoisotopic (exact) mass is 303 g/mol.